The number of piperidine rings is 1. The molecule has 1 aliphatic heterocycles. The average molecular weight is 335 g/mol. The zero-order valence-electron chi connectivity index (χ0n) is 12.9. The van der Waals surface area contributed by atoms with Crippen molar-refractivity contribution >= 4 is 11.8 Å². The number of likely N-dealkylation sites (tertiary alicyclic amines) is 1. The lowest BCUT2D eigenvalue weighted by molar-refractivity contribution is -0.222. The second-order valence-corrected chi connectivity index (χ2v) is 6.01. The number of carbonyl (C=O) groups excluding carboxylic acids is 1. The van der Waals surface area contributed by atoms with Crippen molar-refractivity contribution in [3.05, 3.63) is 11.8 Å². The van der Waals surface area contributed by atoms with Crippen LogP contribution in [-0.4, -0.2) is 46.6 Å². The summed E-state index contributed by atoms with van der Waals surface area (Å²) in [6.45, 7) is 4.14. The van der Waals surface area contributed by atoms with Gasteiger partial charge in [0.25, 0.3) is 0 Å². The number of aliphatic hydroxyl groups excluding tert-OH is 1. The van der Waals surface area contributed by atoms with Gasteiger partial charge in [-0.1, -0.05) is 19.0 Å². The Balaban J connectivity index is 1.86. The monoisotopic (exact) mass is 335 g/mol. The molecule has 9 heteroatoms. The topological polar surface area (TPSA) is 78.6 Å². The highest BCUT2D eigenvalue weighted by Gasteiger charge is 2.44. The van der Waals surface area contributed by atoms with Gasteiger partial charge >= 0.3 is 12.2 Å². The van der Waals surface area contributed by atoms with Gasteiger partial charge in [0.15, 0.2) is 11.9 Å². The molecule has 1 aromatic heterocycles. The highest BCUT2D eigenvalue weighted by Crippen LogP contribution is 2.31. The van der Waals surface area contributed by atoms with Gasteiger partial charge in [-0.2, -0.15) is 13.2 Å². The van der Waals surface area contributed by atoms with Crippen LogP contribution in [0.4, 0.5) is 23.8 Å². The number of aromatic nitrogens is 1. The maximum atomic E-state index is 12.5. The molecular formula is C14H20F3N3O3. The molecule has 1 saturated heterocycles. The van der Waals surface area contributed by atoms with E-state index < -0.39 is 24.2 Å². The first-order valence-electron chi connectivity index (χ1n) is 7.45. The maximum absolute atomic E-state index is 12.5. The van der Waals surface area contributed by atoms with E-state index in [0.29, 0.717) is 5.76 Å². The average Bonchev–Trinajstić information content (AvgIpc) is 2.94. The molecule has 23 heavy (non-hydrogen) atoms. The van der Waals surface area contributed by atoms with E-state index >= 15 is 0 Å². The molecule has 130 valence electrons. The van der Waals surface area contributed by atoms with Gasteiger partial charge in [0.05, 0.1) is 0 Å². The van der Waals surface area contributed by atoms with Gasteiger partial charge in [0.2, 0.25) is 0 Å². The van der Waals surface area contributed by atoms with Crippen LogP contribution in [-0.2, 0) is 0 Å². The van der Waals surface area contributed by atoms with E-state index in [9.17, 15) is 23.1 Å². The Morgan fingerprint density at radius 2 is 2.04 bits per heavy atom. The molecule has 0 radical (unpaired) electrons. The molecule has 1 aromatic rings. The number of nitrogens with zero attached hydrogens (tertiary/aromatic N) is 2. The molecule has 2 amide bonds. The molecule has 0 spiro atoms. The van der Waals surface area contributed by atoms with E-state index in [1.807, 2.05) is 13.8 Å². The third kappa shape index (κ3) is 4.37. The zero-order valence-corrected chi connectivity index (χ0v) is 12.9. The third-order valence-electron chi connectivity index (χ3n) is 3.94. The van der Waals surface area contributed by atoms with Crippen molar-refractivity contribution in [3.8, 4) is 0 Å². The number of carbonyl (C=O) groups is 1. The maximum Gasteiger partial charge on any atom is 0.414 e. The summed E-state index contributed by atoms with van der Waals surface area (Å²) >= 11 is 0. The lowest BCUT2D eigenvalue weighted by Crippen LogP contribution is -2.46. The van der Waals surface area contributed by atoms with Crippen LogP contribution in [0.1, 0.15) is 38.4 Å². The number of hydrogen-bond donors (Lipinski definition) is 2. The van der Waals surface area contributed by atoms with Crippen molar-refractivity contribution < 1.29 is 27.6 Å². The van der Waals surface area contributed by atoms with Gasteiger partial charge in [-0.25, -0.2) is 4.79 Å². The lowest BCUT2D eigenvalue weighted by Gasteiger charge is -2.34. The fourth-order valence-corrected chi connectivity index (χ4v) is 2.49. The predicted octanol–water partition coefficient (Wildman–Crippen LogP) is 2.97. The Labute approximate surface area is 131 Å². The summed E-state index contributed by atoms with van der Waals surface area (Å²) in [5.74, 6) is 0.162. The van der Waals surface area contributed by atoms with E-state index in [2.05, 4.69) is 10.5 Å². The summed E-state index contributed by atoms with van der Waals surface area (Å²) in [7, 11) is 0. The van der Waals surface area contributed by atoms with Crippen LogP contribution in [0, 0.1) is 5.92 Å². The third-order valence-corrected chi connectivity index (χ3v) is 3.94. The van der Waals surface area contributed by atoms with E-state index in [4.69, 9.17) is 4.52 Å². The highest BCUT2D eigenvalue weighted by molar-refractivity contribution is 5.88. The van der Waals surface area contributed by atoms with Gasteiger partial charge in [-0.05, 0) is 18.8 Å². The first-order valence-corrected chi connectivity index (χ1v) is 7.45. The molecule has 2 heterocycles. The molecule has 6 nitrogen and oxygen atoms in total. The quantitative estimate of drug-likeness (QED) is 0.890. The first kappa shape index (κ1) is 17.6. The standard InChI is InChI=1S/C14H20F3N3O3/c1-8(2)10-7-11(19-23-10)18-13(22)20-5-3-9(4-6-20)12(21)14(15,16)17/h7-9,12,21H,3-6H2,1-2H3,(H,18,19,22). The van der Waals surface area contributed by atoms with Crippen molar-refractivity contribution in [2.75, 3.05) is 18.4 Å². The van der Waals surface area contributed by atoms with E-state index in [-0.39, 0.29) is 37.7 Å². The van der Waals surface area contributed by atoms with Gasteiger partial charge in [0.1, 0.15) is 5.76 Å². The minimum atomic E-state index is -4.62. The number of rotatable bonds is 3. The summed E-state index contributed by atoms with van der Waals surface area (Å²) in [5, 5.41) is 15.5. The Morgan fingerprint density at radius 1 is 1.43 bits per heavy atom. The molecule has 2 rings (SSSR count). The van der Waals surface area contributed by atoms with Crippen LogP contribution in [0.2, 0.25) is 0 Å². The van der Waals surface area contributed by atoms with E-state index in [1.54, 1.807) is 6.07 Å². The zero-order chi connectivity index (χ0) is 17.2. The van der Waals surface area contributed by atoms with Gasteiger partial charge in [-0.3, -0.25) is 5.32 Å². The summed E-state index contributed by atoms with van der Waals surface area (Å²) < 4.78 is 42.5. The van der Waals surface area contributed by atoms with Crippen LogP contribution in [0.5, 0.6) is 0 Å². The molecule has 1 aliphatic rings. The van der Waals surface area contributed by atoms with Crippen molar-refractivity contribution in [1.82, 2.24) is 10.1 Å². The number of hydrogen-bond acceptors (Lipinski definition) is 4. The molecule has 0 bridgehead atoms. The smallest absolute Gasteiger partial charge is 0.383 e. The molecule has 0 saturated carbocycles. The fraction of sp³-hybridized carbons (Fsp3) is 0.714. The number of amides is 2. The minimum Gasteiger partial charge on any atom is -0.383 e. The fourth-order valence-electron chi connectivity index (χ4n) is 2.49. The van der Waals surface area contributed by atoms with Crippen LogP contribution in [0.15, 0.2) is 10.6 Å². The first-order chi connectivity index (χ1) is 10.7. The minimum absolute atomic E-state index is 0.101. The van der Waals surface area contributed by atoms with Crippen LogP contribution < -0.4 is 5.32 Å². The number of halogens is 3. The van der Waals surface area contributed by atoms with Crippen molar-refractivity contribution in [2.24, 2.45) is 5.92 Å². The van der Waals surface area contributed by atoms with Crippen molar-refractivity contribution in [1.29, 1.82) is 0 Å². The van der Waals surface area contributed by atoms with Crippen molar-refractivity contribution in [2.45, 2.75) is 44.9 Å². The number of urea groups is 1. The number of anilines is 1. The SMILES string of the molecule is CC(C)c1cc(NC(=O)N2CCC(C(O)C(F)(F)F)CC2)no1. The van der Waals surface area contributed by atoms with Crippen LogP contribution in [0.3, 0.4) is 0 Å². The van der Waals surface area contributed by atoms with Gasteiger partial charge in [-0.15, -0.1) is 0 Å². The van der Waals surface area contributed by atoms with Crippen LogP contribution >= 0.6 is 0 Å². The van der Waals surface area contributed by atoms with E-state index in [1.165, 1.54) is 4.90 Å². The summed E-state index contributed by atoms with van der Waals surface area (Å²) in [6.07, 6.45) is -6.76. The molecule has 2 N–H and O–H groups in total. The van der Waals surface area contributed by atoms with Gasteiger partial charge < -0.3 is 14.5 Å². The second kappa shape index (κ2) is 6.77. The largest absolute Gasteiger partial charge is 0.414 e. The van der Waals surface area contributed by atoms with E-state index in [0.717, 1.165) is 0 Å². The summed E-state index contributed by atoms with van der Waals surface area (Å²) in [6, 6.07) is 1.18. The predicted molar refractivity (Wildman–Crippen MR) is 76.0 cm³/mol. The molecule has 1 atom stereocenters. The van der Waals surface area contributed by atoms with Crippen LogP contribution in [0.25, 0.3) is 0 Å². The Bertz CT molecular complexity index is 537. The molecule has 0 aliphatic carbocycles. The van der Waals surface area contributed by atoms with Crippen molar-refractivity contribution in [3.63, 3.8) is 0 Å². The summed E-state index contributed by atoms with van der Waals surface area (Å²) in [5.41, 5.74) is 0. The highest BCUT2D eigenvalue weighted by atomic mass is 19.4. The molecule has 1 fully saturated rings. The van der Waals surface area contributed by atoms with Gasteiger partial charge in [0, 0.05) is 25.1 Å². The molecular weight excluding hydrogens is 315 g/mol. The number of aliphatic hydroxyl groups is 1. The second-order valence-electron chi connectivity index (χ2n) is 6.01. The Hall–Kier alpha value is -1.77. The lowest BCUT2D eigenvalue weighted by atomic mass is 9.91. The summed E-state index contributed by atoms with van der Waals surface area (Å²) in [4.78, 5) is 13.5. The Morgan fingerprint density at radius 3 is 2.52 bits per heavy atom. The molecule has 1 unspecified atom stereocenters. The molecule has 0 aromatic carbocycles. The normalized spacial score (nSPS) is 18.3. The Kier molecular flexibility index (Phi) is 5.18. The number of nitrogens with one attached hydrogen (secondary N) is 1. The number of alkyl halides is 3.